The van der Waals surface area contributed by atoms with Crippen LogP contribution in [0.25, 0.3) is 0 Å². The van der Waals surface area contributed by atoms with E-state index in [0.717, 1.165) is 18.4 Å². The van der Waals surface area contributed by atoms with Gasteiger partial charge in [0.05, 0.1) is 0 Å². The number of carbonyl (C=O) groups is 2. The van der Waals surface area contributed by atoms with E-state index in [-0.39, 0.29) is 24.5 Å². The molecule has 1 aromatic carbocycles. The lowest BCUT2D eigenvalue weighted by Gasteiger charge is -2.15. The van der Waals surface area contributed by atoms with E-state index in [9.17, 15) is 19.8 Å². The Bertz CT molecular complexity index is 497. The molecule has 21 heavy (non-hydrogen) atoms. The van der Waals surface area contributed by atoms with Crippen LogP contribution in [-0.2, 0) is 16.0 Å². The monoisotopic (exact) mass is 292 g/mol. The largest absolute Gasteiger partial charge is 0.508 e. The van der Waals surface area contributed by atoms with Crippen LogP contribution in [0.1, 0.15) is 24.8 Å². The molecule has 2 rings (SSSR count). The average Bonchev–Trinajstić information content (AvgIpc) is 3.24. The Morgan fingerprint density at radius 3 is 2.48 bits per heavy atom. The van der Waals surface area contributed by atoms with Crippen LogP contribution in [0.2, 0.25) is 0 Å². The lowest BCUT2D eigenvalue weighted by molar-refractivity contribution is -0.141. The summed E-state index contributed by atoms with van der Waals surface area (Å²) in [5.41, 5.74) is 0.747. The summed E-state index contributed by atoms with van der Waals surface area (Å²) in [6.07, 6.45) is 2.77. The summed E-state index contributed by atoms with van der Waals surface area (Å²) in [7, 11) is 0. The molecular formula is C15H20N2O4. The summed E-state index contributed by atoms with van der Waals surface area (Å²) in [4.78, 5) is 23.0. The highest BCUT2D eigenvalue weighted by molar-refractivity contribution is 5.83. The summed E-state index contributed by atoms with van der Waals surface area (Å²) in [6, 6.07) is 5.86. The Morgan fingerprint density at radius 1 is 1.24 bits per heavy atom. The molecule has 1 aliphatic carbocycles. The van der Waals surface area contributed by atoms with Gasteiger partial charge >= 0.3 is 5.97 Å². The average molecular weight is 292 g/mol. The van der Waals surface area contributed by atoms with Crippen LogP contribution >= 0.6 is 0 Å². The molecule has 6 nitrogen and oxygen atoms in total. The first kappa shape index (κ1) is 15.3. The zero-order valence-corrected chi connectivity index (χ0v) is 11.7. The molecule has 1 fully saturated rings. The number of rotatable bonds is 8. The highest BCUT2D eigenvalue weighted by Crippen LogP contribution is 2.18. The molecule has 0 unspecified atom stereocenters. The molecule has 4 N–H and O–H groups in total. The quantitative estimate of drug-likeness (QED) is 0.564. The van der Waals surface area contributed by atoms with Crippen LogP contribution in [0.5, 0.6) is 5.75 Å². The number of phenols is 1. The van der Waals surface area contributed by atoms with Crippen molar-refractivity contribution in [3.63, 3.8) is 0 Å². The van der Waals surface area contributed by atoms with Gasteiger partial charge in [-0.25, -0.2) is 4.79 Å². The van der Waals surface area contributed by atoms with Gasteiger partial charge in [0.1, 0.15) is 11.8 Å². The molecule has 1 atom stereocenters. The van der Waals surface area contributed by atoms with Crippen molar-refractivity contribution in [3.8, 4) is 5.75 Å². The van der Waals surface area contributed by atoms with Crippen molar-refractivity contribution in [2.75, 3.05) is 6.54 Å². The number of hydrogen-bond acceptors (Lipinski definition) is 4. The summed E-state index contributed by atoms with van der Waals surface area (Å²) >= 11 is 0. The molecule has 0 saturated heterocycles. The summed E-state index contributed by atoms with van der Waals surface area (Å²) in [5.74, 6) is -1.21. The minimum absolute atomic E-state index is 0.126. The van der Waals surface area contributed by atoms with Crippen LogP contribution in [-0.4, -0.2) is 40.7 Å². The fraction of sp³-hybridized carbons (Fsp3) is 0.467. The van der Waals surface area contributed by atoms with Crippen molar-refractivity contribution in [2.24, 2.45) is 0 Å². The van der Waals surface area contributed by atoms with Gasteiger partial charge in [-0.2, -0.15) is 0 Å². The standard InChI is InChI=1S/C15H20N2O4/c18-12-5-1-10(2-6-12)9-13(15(20)21)17-14(19)7-8-16-11-3-4-11/h1-2,5-6,11,13,16,18H,3-4,7-9H2,(H,17,19)(H,20,21)/t13-/m1/s1. The third kappa shape index (κ3) is 5.43. The summed E-state index contributed by atoms with van der Waals surface area (Å²) in [6.45, 7) is 0.571. The molecule has 0 radical (unpaired) electrons. The molecule has 0 aliphatic heterocycles. The maximum absolute atomic E-state index is 11.7. The van der Waals surface area contributed by atoms with Crippen LogP contribution in [0, 0.1) is 0 Å². The molecule has 1 aromatic rings. The van der Waals surface area contributed by atoms with Gasteiger partial charge in [0.2, 0.25) is 5.91 Å². The predicted molar refractivity (Wildman–Crippen MR) is 77.0 cm³/mol. The lowest BCUT2D eigenvalue weighted by atomic mass is 10.1. The Balaban J connectivity index is 1.81. The Morgan fingerprint density at radius 2 is 1.90 bits per heavy atom. The Kier molecular flexibility index (Phi) is 5.16. The van der Waals surface area contributed by atoms with Gasteiger partial charge in [-0.15, -0.1) is 0 Å². The molecular weight excluding hydrogens is 272 g/mol. The Labute approximate surface area is 123 Å². The van der Waals surface area contributed by atoms with Crippen molar-refractivity contribution in [1.82, 2.24) is 10.6 Å². The molecule has 0 spiro atoms. The maximum Gasteiger partial charge on any atom is 0.326 e. The lowest BCUT2D eigenvalue weighted by Crippen LogP contribution is -2.43. The topological polar surface area (TPSA) is 98.7 Å². The number of amides is 1. The van der Waals surface area contributed by atoms with E-state index in [0.29, 0.717) is 12.6 Å². The van der Waals surface area contributed by atoms with E-state index in [1.165, 1.54) is 12.1 Å². The zero-order chi connectivity index (χ0) is 15.2. The molecule has 0 aromatic heterocycles. The van der Waals surface area contributed by atoms with Gasteiger partial charge in [0, 0.05) is 25.4 Å². The highest BCUT2D eigenvalue weighted by Gasteiger charge is 2.22. The molecule has 0 heterocycles. The number of phenolic OH excluding ortho intramolecular Hbond substituents is 1. The number of benzene rings is 1. The van der Waals surface area contributed by atoms with E-state index >= 15 is 0 Å². The van der Waals surface area contributed by atoms with Crippen molar-refractivity contribution < 1.29 is 19.8 Å². The SMILES string of the molecule is O=C(CCNC1CC1)N[C@H](Cc1ccc(O)cc1)C(=O)O. The number of carbonyl (C=O) groups excluding carboxylic acids is 1. The first-order valence-electron chi connectivity index (χ1n) is 7.08. The van der Waals surface area contributed by atoms with E-state index in [1.807, 2.05) is 0 Å². The van der Waals surface area contributed by atoms with Gasteiger partial charge < -0.3 is 20.8 Å². The van der Waals surface area contributed by atoms with E-state index in [4.69, 9.17) is 0 Å². The number of aliphatic carboxylic acids is 1. The number of hydrogen-bond donors (Lipinski definition) is 4. The van der Waals surface area contributed by atoms with Crippen molar-refractivity contribution in [3.05, 3.63) is 29.8 Å². The van der Waals surface area contributed by atoms with Crippen LogP contribution < -0.4 is 10.6 Å². The number of nitrogens with one attached hydrogen (secondary N) is 2. The molecule has 0 bridgehead atoms. The molecule has 1 aliphatic rings. The van der Waals surface area contributed by atoms with Gasteiger partial charge in [-0.05, 0) is 30.5 Å². The summed E-state index contributed by atoms with van der Waals surface area (Å²) < 4.78 is 0. The minimum atomic E-state index is -1.06. The third-order valence-corrected chi connectivity index (χ3v) is 3.37. The van der Waals surface area contributed by atoms with Crippen molar-refractivity contribution in [1.29, 1.82) is 0 Å². The molecule has 114 valence electrons. The van der Waals surface area contributed by atoms with Gasteiger partial charge in [-0.3, -0.25) is 4.79 Å². The van der Waals surface area contributed by atoms with Gasteiger partial charge in [0.25, 0.3) is 0 Å². The molecule has 1 amide bonds. The fourth-order valence-electron chi connectivity index (χ4n) is 2.01. The molecule has 1 saturated carbocycles. The predicted octanol–water partition coefficient (Wildman–Crippen LogP) is 0.646. The second-order valence-corrected chi connectivity index (χ2v) is 5.31. The third-order valence-electron chi connectivity index (χ3n) is 3.37. The normalized spacial score (nSPS) is 15.4. The van der Waals surface area contributed by atoms with E-state index in [2.05, 4.69) is 10.6 Å². The van der Waals surface area contributed by atoms with Crippen LogP contribution in [0.4, 0.5) is 0 Å². The van der Waals surface area contributed by atoms with Gasteiger partial charge in [-0.1, -0.05) is 12.1 Å². The minimum Gasteiger partial charge on any atom is -0.508 e. The van der Waals surface area contributed by atoms with Crippen LogP contribution in [0.3, 0.4) is 0 Å². The number of carboxylic acid groups (broad SMARTS) is 1. The zero-order valence-electron chi connectivity index (χ0n) is 11.7. The van der Waals surface area contributed by atoms with E-state index < -0.39 is 12.0 Å². The first-order valence-corrected chi connectivity index (χ1v) is 7.08. The maximum atomic E-state index is 11.7. The highest BCUT2D eigenvalue weighted by atomic mass is 16.4. The second kappa shape index (κ2) is 7.08. The second-order valence-electron chi connectivity index (χ2n) is 5.31. The smallest absolute Gasteiger partial charge is 0.326 e. The van der Waals surface area contributed by atoms with Crippen molar-refractivity contribution in [2.45, 2.75) is 37.8 Å². The molecule has 6 heteroatoms. The first-order chi connectivity index (χ1) is 10.0. The van der Waals surface area contributed by atoms with E-state index in [1.54, 1.807) is 12.1 Å². The fourth-order valence-corrected chi connectivity index (χ4v) is 2.01. The van der Waals surface area contributed by atoms with Crippen LogP contribution in [0.15, 0.2) is 24.3 Å². The summed E-state index contributed by atoms with van der Waals surface area (Å²) in [5, 5.41) is 24.1. The number of carboxylic acids is 1. The number of aromatic hydroxyl groups is 1. The Hall–Kier alpha value is -2.08. The van der Waals surface area contributed by atoms with Gasteiger partial charge in [0.15, 0.2) is 0 Å². The van der Waals surface area contributed by atoms with Crippen molar-refractivity contribution >= 4 is 11.9 Å².